The third-order valence-corrected chi connectivity index (χ3v) is 12.3. The Hall–Kier alpha value is -8.82. The van der Waals surface area contributed by atoms with Gasteiger partial charge in [-0.25, -0.2) is 28.5 Å². The lowest BCUT2D eigenvalue weighted by Crippen LogP contribution is -2.54. The molecular weight excluding hydrogens is 966 g/mol. The van der Waals surface area contributed by atoms with Gasteiger partial charge in [0.15, 0.2) is 5.65 Å². The molecule has 75 heavy (non-hydrogen) atoms. The monoisotopic (exact) mass is 1030 g/mol. The van der Waals surface area contributed by atoms with Crippen LogP contribution in [-0.2, 0) is 48.3 Å². The maximum absolute atomic E-state index is 14.0. The number of imide groups is 1. The Morgan fingerprint density at radius 1 is 0.853 bits per heavy atom. The number of aromatic amines is 1. The molecule has 0 bridgehead atoms. The molecule has 5 heterocycles. The van der Waals surface area contributed by atoms with E-state index in [4.69, 9.17) is 20.4 Å². The number of H-pyrrole nitrogens is 1. The highest BCUT2D eigenvalue weighted by Gasteiger charge is 2.29. The lowest BCUT2D eigenvalue weighted by molar-refractivity contribution is -0.137. The summed E-state index contributed by atoms with van der Waals surface area (Å²) in [6.07, 6.45) is 7.51. The van der Waals surface area contributed by atoms with Crippen molar-refractivity contribution in [2.45, 2.75) is 91.0 Å². The number of unbranched alkanes of at least 4 members (excludes halogenated alkanes) is 2. The topological polar surface area (TPSA) is 281 Å². The molecule has 1 unspecified atom stereocenters. The minimum atomic E-state index is -1.08. The molecule has 1 aliphatic heterocycles. The van der Waals surface area contributed by atoms with E-state index in [1.54, 1.807) is 54.8 Å². The van der Waals surface area contributed by atoms with Crippen molar-refractivity contribution in [2.75, 3.05) is 25.0 Å². The van der Waals surface area contributed by atoms with Crippen LogP contribution < -0.4 is 27.0 Å². The van der Waals surface area contributed by atoms with E-state index in [-0.39, 0.29) is 81.5 Å². The van der Waals surface area contributed by atoms with Gasteiger partial charge in [0.1, 0.15) is 36.7 Å². The number of pyridine rings is 2. The van der Waals surface area contributed by atoms with Crippen LogP contribution in [0.4, 0.5) is 19.7 Å². The molecule has 2 atom stereocenters. The number of fused-ring (bicyclic) bond motifs is 1. The third-order valence-electron chi connectivity index (χ3n) is 12.3. The Morgan fingerprint density at radius 2 is 1.60 bits per heavy atom. The van der Waals surface area contributed by atoms with E-state index < -0.39 is 36.0 Å². The van der Waals surface area contributed by atoms with Crippen LogP contribution in [0.5, 0.6) is 0 Å². The minimum absolute atomic E-state index is 0.0169. The Balaban J connectivity index is 0.984. The number of aryl methyl sites for hydroxylation is 1. The molecule has 8 amide bonds. The van der Waals surface area contributed by atoms with Crippen LogP contribution in [0.25, 0.3) is 28.3 Å². The number of aromatic nitrogens is 6. The Bertz CT molecular complexity index is 3010. The van der Waals surface area contributed by atoms with Gasteiger partial charge in [0.05, 0.1) is 23.6 Å². The highest BCUT2D eigenvalue weighted by Crippen LogP contribution is 2.30. The quantitative estimate of drug-likeness (QED) is 0.0306. The fraction of sp³-hybridized carbons (Fsp3) is 0.340. The number of urea groups is 1. The lowest BCUT2D eigenvalue weighted by Gasteiger charge is -2.25. The fourth-order valence-corrected chi connectivity index (χ4v) is 8.22. The van der Waals surface area contributed by atoms with Gasteiger partial charge < -0.3 is 41.6 Å². The van der Waals surface area contributed by atoms with Gasteiger partial charge in [-0.2, -0.15) is 5.10 Å². The summed E-state index contributed by atoms with van der Waals surface area (Å²) in [6.45, 7) is 5.88. The molecule has 22 heteroatoms. The van der Waals surface area contributed by atoms with Crippen molar-refractivity contribution in [3.63, 3.8) is 0 Å². The first-order valence-electron chi connectivity index (χ1n) is 24.7. The number of amides is 8. The second-order valence-electron chi connectivity index (χ2n) is 18.3. The number of carbonyl (C=O) groups excluding carboxylic acids is 7. The van der Waals surface area contributed by atoms with Gasteiger partial charge in [-0.05, 0) is 105 Å². The number of nitrogens with zero attached hydrogens (tertiary/aromatic N) is 7. The molecule has 21 nitrogen and oxygen atoms in total. The molecule has 4 aromatic heterocycles. The molecule has 1 aliphatic rings. The highest BCUT2D eigenvalue weighted by molar-refractivity contribution is 6.12. The van der Waals surface area contributed by atoms with Crippen molar-refractivity contribution in [1.29, 1.82) is 0 Å². The van der Waals surface area contributed by atoms with Crippen molar-refractivity contribution >= 4 is 53.0 Å². The zero-order chi connectivity index (χ0) is 53.4. The molecule has 7 rings (SSSR count). The van der Waals surface area contributed by atoms with Gasteiger partial charge in [-0.1, -0.05) is 50.6 Å². The molecule has 0 saturated heterocycles. The van der Waals surface area contributed by atoms with Crippen LogP contribution >= 0.6 is 0 Å². The minimum Gasteiger partial charge on any atom is -0.445 e. The van der Waals surface area contributed by atoms with Crippen molar-refractivity contribution in [2.24, 2.45) is 11.7 Å². The first-order valence-corrected chi connectivity index (χ1v) is 24.7. The van der Waals surface area contributed by atoms with Crippen molar-refractivity contribution in [3.05, 3.63) is 132 Å². The van der Waals surface area contributed by atoms with Crippen LogP contribution in [0.1, 0.15) is 75.0 Å². The van der Waals surface area contributed by atoms with Crippen LogP contribution in [0.2, 0.25) is 0 Å². The smallest absolute Gasteiger partial charge is 0.410 e. The van der Waals surface area contributed by atoms with Crippen LogP contribution in [0.15, 0.2) is 104 Å². The predicted molar refractivity (Wildman–Crippen MR) is 274 cm³/mol. The van der Waals surface area contributed by atoms with Crippen molar-refractivity contribution in [1.82, 2.24) is 55.3 Å². The predicted octanol–water partition coefficient (Wildman–Crippen LogP) is 5.51. The molecule has 0 radical (unpaired) electrons. The molecule has 6 aromatic rings. The summed E-state index contributed by atoms with van der Waals surface area (Å²) in [4.78, 5) is 109. The van der Waals surface area contributed by atoms with E-state index in [0.717, 1.165) is 21.7 Å². The van der Waals surface area contributed by atoms with Gasteiger partial charge >= 0.3 is 12.1 Å². The van der Waals surface area contributed by atoms with E-state index in [1.165, 1.54) is 35.5 Å². The molecule has 0 aliphatic carbocycles. The molecule has 2 aromatic carbocycles. The molecule has 0 spiro atoms. The van der Waals surface area contributed by atoms with E-state index in [9.17, 15) is 38.0 Å². The first-order chi connectivity index (χ1) is 36.1. The maximum Gasteiger partial charge on any atom is 0.410 e. The summed E-state index contributed by atoms with van der Waals surface area (Å²) in [6, 6.07) is 19.2. The number of ether oxygens (including phenoxy) is 1. The number of carbonyl (C=O) groups is 7. The number of benzene rings is 2. The number of primary amides is 1. The summed E-state index contributed by atoms with van der Waals surface area (Å²) in [7, 11) is 0. The Kier molecular flexibility index (Phi) is 18.5. The fourth-order valence-electron chi connectivity index (χ4n) is 8.22. The van der Waals surface area contributed by atoms with Crippen LogP contribution in [0.3, 0.4) is 0 Å². The lowest BCUT2D eigenvalue weighted by atomic mass is 10.0. The molecular formula is C53H60FN13O8. The van der Waals surface area contributed by atoms with Gasteiger partial charge in [-0.15, -0.1) is 0 Å². The largest absolute Gasteiger partial charge is 0.445 e. The number of imidazole rings is 1. The number of hydrogen-bond donors (Lipinski definition) is 6. The molecule has 0 saturated carbocycles. The number of nitrogens with one attached hydrogen (secondary N) is 5. The number of halogens is 1. The summed E-state index contributed by atoms with van der Waals surface area (Å²) < 4.78 is 21.3. The van der Waals surface area contributed by atoms with Crippen molar-refractivity contribution < 1.29 is 42.7 Å². The third kappa shape index (κ3) is 15.4. The Morgan fingerprint density at radius 3 is 2.32 bits per heavy atom. The zero-order valence-electron chi connectivity index (χ0n) is 41.9. The van der Waals surface area contributed by atoms with Gasteiger partial charge in [-0.3, -0.25) is 33.9 Å². The van der Waals surface area contributed by atoms with E-state index in [2.05, 4.69) is 36.3 Å². The number of anilines is 1. The summed E-state index contributed by atoms with van der Waals surface area (Å²) in [5.41, 5.74) is 11.1. The summed E-state index contributed by atoms with van der Waals surface area (Å²) >= 11 is 0. The molecule has 392 valence electrons. The van der Waals surface area contributed by atoms with Gasteiger partial charge in [0.2, 0.25) is 17.7 Å². The average Bonchev–Trinajstić information content (AvgIpc) is 4.13. The van der Waals surface area contributed by atoms with Crippen LogP contribution in [-0.4, -0.2) is 113 Å². The van der Waals surface area contributed by atoms with Crippen molar-refractivity contribution in [3.8, 4) is 22.6 Å². The second-order valence-corrected chi connectivity index (χ2v) is 18.3. The van der Waals surface area contributed by atoms with Gasteiger partial charge in [0.25, 0.3) is 11.8 Å². The second kappa shape index (κ2) is 25.7. The molecule has 0 fully saturated rings. The SMILES string of the molecule is Cc1cccc(-c2[nH]c(CN(CCc3ccc(F)cc3)C(=O)OCc3ccc(NC(=O)C(CCCNC(N)=O)NC(=O)[C@@H](NC(=O)CCCCCN4C(=O)C=CC4=O)C(C)C)cc3)nc2-c2ccc3ncnn3c2)n1. The summed E-state index contributed by atoms with van der Waals surface area (Å²) in [5, 5.41) is 15.1. The normalized spacial score (nSPS) is 12.9. The van der Waals surface area contributed by atoms with Crippen LogP contribution in [0, 0.1) is 18.7 Å². The summed E-state index contributed by atoms with van der Waals surface area (Å²) in [5.74, 6) is -2.50. The van der Waals surface area contributed by atoms with Gasteiger partial charge in [0, 0.05) is 61.3 Å². The first kappa shape index (κ1) is 54.0. The van der Waals surface area contributed by atoms with E-state index in [0.29, 0.717) is 65.5 Å². The molecule has 7 N–H and O–H groups in total. The van der Waals surface area contributed by atoms with E-state index in [1.807, 2.05) is 43.5 Å². The Labute approximate surface area is 431 Å². The zero-order valence-corrected chi connectivity index (χ0v) is 41.9. The van der Waals surface area contributed by atoms with E-state index >= 15 is 0 Å². The number of rotatable bonds is 25. The maximum atomic E-state index is 14.0. The number of hydrogen-bond acceptors (Lipinski definition) is 12. The number of nitrogens with two attached hydrogens (primary N) is 1. The average molecular weight is 1030 g/mol. The standard InChI is InChI=1S/C53H60FN13O8/c1-33(2)47(64-44(68)12-5-4-6-27-66-45(69)23-24-46(66)70)51(72)61-41(11-8-26-56-52(55)73)50(71)60-39-20-15-36(16-21-39)31-75-53(74)65(28-25-35-13-18-38(54)19-14-35)30-42-62-48(37-17-22-43-57-32-58-67(43)29-37)49(63-42)40-10-7-9-34(3)59-40/h7,9-10,13-24,29,32-33,41,47H,4-6,8,11-12,25-28,30-31H2,1-3H3,(H,60,71)(H,61,72)(H,62,63)(H,64,68)(H3,55,56,73)/t41?,47-/m0/s1. The highest BCUT2D eigenvalue weighted by atomic mass is 19.1.